The number of aryl methyl sites for hydroxylation is 1. The summed E-state index contributed by atoms with van der Waals surface area (Å²) in [5.74, 6) is -2.04. The summed E-state index contributed by atoms with van der Waals surface area (Å²) in [6.45, 7) is 1.86. The molecule has 0 bridgehead atoms. The lowest BCUT2D eigenvalue weighted by Gasteiger charge is -2.11. The predicted octanol–water partition coefficient (Wildman–Crippen LogP) is 2.13. The summed E-state index contributed by atoms with van der Waals surface area (Å²) in [5, 5.41) is 8.58. The Bertz CT molecular complexity index is 395. The Morgan fingerprint density at radius 3 is 2.73 bits per heavy atom. The van der Waals surface area contributed by atoms with Crippen LogP contribution in [0.15, 0.2) is 12.1 Å². The first-order chi connectivity index (χ1) is 6.97. The molecule has 1 aromatic carbocycles. The number of carbonyl (C=O) groups is 1. The van der Waals surface area contributed by atoms with Crippen molar-refractivity contribution in [3.63, 3.8) is 0 Å². The highest BCUT2D eigenvalue weighted by Gasteiger charge is 2.20. The van der Waals surface area contributed by atoms with Crippen molar-refractivity contribution in [2.24, 2.45) is 5.73 Å². The van der Waals surface area contributed by atoms with Crippen LogP contribution in [0.4, 0.5) is 4.39 Å². The molecule has 0 aliphatic carbocycles. The summed E-state index contributed by atoms with van der Waals surface area (Å²) in [4.78, 5) is 10.6. The van der Waals surface area contributed by atoms with Crippen molar-refractivity contribution in [2.45, 2.75) is 19.4 Å². The van der Waals surface area contributed by atoms with Gasteiger partial charge in [0.2, 0.25) is 0 Å². The minimum atomic E-state index is -1.38. The predicted molar refractivity (Wildman–Crippen MR) is 55.4 cm³/mol. The van der Waals surface area contributed by atoms with Crippen LogP contribution < -0.4 is 5.73 Å². The molecule has 0 fully saturated rings. The lowest BCUT2D eigenvalue weighted by atomic mass is 10.0. The zero-order chi connectivity index (χ0) is 11.6. The highest BCUT2D eigenvalue weighted by atomic mass is 35.5. The van der Waals surface area contributed by atoms with Gasteiger partial charge in [-0.05, 0) is 18.1 Å². The van der Waals surface area contributed by atoms with Crippen molar-refractivity contribution in [1.82, 2.24) is 0 Å². The largest absolute Gasteiger partial charge is 0.480 e. The molecule has 82 valence electrons. The smallest absolute Gasteiger partial charge is 0.325 e. The highest BCUT2D eigenvalue weighted by molar-refractivity contribution is 6.30. The Labute approximate surface area is 91.7 Å². The van der Waals surface area contributed by atoms with E-state index in [4.69, 9.17) is 22.4 Å². The van der Waals surface area contributed by atoms with E-state index in [-0.39, 0.29) is 10.6 Å². The molecule has 1 aromatic rings. The van der Waals surface area contributed by atoms with E-state index in [2.05, 4.69) is 0 Å². The molecule has 1 atom stereocenters. The third-order valence-corrected chi connectivity index (χ3v) is 2.40. The van der Waals surface area contributed by atoms with Crippen LogP contribution in [0.1, 0.15) is 24.1 Å². The van der Waals surface area contributed by atoms with Crippen LogP contribution in [-0.4, -0.2) is 11.1 Å². The number of aliphatic carboxylic acids is 1. The first kappa shape index (κ1) is 11.9. The number of carboxylic acids is 1. The monoisotopic (exact) mass is 231 g/mol. The maximum atomic E-state index is 13.5. The summed E-state index contributed by atoms with van der Waals surface area (Å²) >= 11 is 5.62. The Hall–Kier alpha value is -1.13. The lowest BCUT2D eigenvalue weighted by molar-refractivity contribution is -0.138. The van der Waals surface area contributed by atoms with Crippen molar-refractivity contribution in [3.8, 4) is 0 Å². The minimum Gasteiger partial charge on any atom is -0.480 e. The molecule has 0 saturated heterocycles. The van der Waals surface area contributed by atoms with Crippen molar-refractivity contribution in [1.29, 1.82) is 0 Å². The van der Waals surface area contributed by atoms with E-state index in [0.29, 0.717) is 6.42 Å². The number of halogens is 2. The normalized spacial score (nSPS) is 12.5. The third-order valence-electron chi connectivity index (χ3n) is 2.13. The highest BCUT2D eigenvalue weighted by Crippen LogP contribution is 2.25. The van der Waals surface area contributed by atoms with Gasteiger partial charge in [0.15, 0.2) is 0 Å². The molecular weight excluding hydrogens is 221 g/mol. The Morgan fingerprint density at radius 1 is 1.67 bits per heavy atom. The van der Waals surface area contributed by atoms with Gasteiger partial charge >= 0.3 is 5.97 Å². The number of nitrogens with two attached hydrogens (primary N) is 1. The van der Waals surface area contributed by atoms with E-state index < -0.39 is 17.8 Å². The topological polar surface area (TPSA) is 63.3 Å². The van der Waals surface area contributed by atoms with Crippen LogP contribution in [0.2, 0.25) is 5.02 Å². The van der Waals surface area contributed by atoms with Gasteiger partial charge in [0.25, 0.3) is 0 Å². The van der Waals surface area contributed by atoms with Crippen LogP contribution in [-0.2, 0) is 11.2 Å². The molecule has 0 aliphatic rings. The second-order valence-corrected chi connectivity index (χ2v) is 3.56. The molecule has 0 saturated carbocycles. The number of carboxylic acid groups (broad SMARTS) is 1. The van der Waals surface area contributed by atoms with Crippen molar-refractivity contribution in [2.75, 3.05) is 0 Å². The van der Waals surface area contributed by atoms with E-state index in [1.807, 2.05) is 6.92 Å². The molecule has 0 spiro atoms. The van der Waals surface area contributed by atoms with E-state index in [0.717, 1.165) is 5.56 Å². The van der Waals surface area contributed by atoms with Crippen LogP contribution in [0.5, 0.6) is 0 Å². The van der Waals surface area contributed by atoms with Crippen molar-refractivity contribution in [3.05, 3.63) is 34.1 Å². The number of benzene rings is 1. The fourth-order valence-corrected chi connectivity index (χ4v) is 1.48. The first-order valence-electron chi connectivity index (χ1n) is 4.43. The van der Waals surface area contributed by atoms with Crippen molar-refractivity contribution >= 4 is 17.6 Å². The molecular formula is C10H11ClFNO2. The molecule has 1 unspecified atom stereocenters. The summed E-state index contributed by atoms with van der Waals surface area (Å²) in [7, 11) is 0. The first-order valence-corrected chi connectivity index (χ1v) is 4.81. The van der Waals surface area contributed by atoms with E-state index in [1.54, 1.807) is 0 Å². The summed E-state index contributed by atoms with van der Waals surface area (Å²) in [6.07, 6.45) is 0.638. The average molecular weight is 232 g/mol. The van der Waals surface area contributed by atoms with Crippen LogP contribution in [0.3, 0.4) is 0 Å². The second kappa shape index (κ2) is 4.59. The Kier molecular flexibility index (Phi) is 3.66. The molecule has 15 heavy (non-hydrogen) atoms. The summed E-state index contributed by atoms with van der Waals surface area (Å²) in [5.41, 5.74) is 6.01. The third kappa shape index (κ3) is 2.46. The van der Waals surface area contributed by atoms with Crippen LogP contribution in [0, 0.1) is 5.82 Å². The Balaban J connectivity index is 3.27. The SMILES string of the molecule is CCc1cc(Cl)c(F)c(C(N)C(=O)O)c1. The van der Waals surface area contributed by atoms with Gasteiger partial charge in [-0.3, -0.25) is 4.79 Å². The zero-order valence-electron chi connectivity index (χ0n) is 8.13. The fraction of sp³-hybridized carbons (Fsp3) is 0.300. The molecule has 3 nitrogen and oxygen atoms in total. The van der Waals surface area contributed by atoms with Gasteiger partial charge in [-0.25, -0.2) is 4.39 Å². The van der Waals surface area contributed by atoms with Gasteiger partial charge in [0.05, 0.1) is 5.02 Å². The van der Waals surface area contributed by atoms with Gasteiger partial charge in [-0.2, -0.15) is 0 Å². The molecule has 0 aliphatic heterocycles. The van der Waals surface area contributed by atoms with E-state index in [1.165, 1.54) is 12.1 Å². The fourth-order valence-electron chi connectivity index (χ4n) is 1.23. The molecule has 0 heterocycles. The van der Waals surface area contributed by atoms with Crippen LogP contribution in [0.25, 0.3) is 0 Å². The minimum absolute atomic E-state index is 0.0770. The van der Waals surface area contributed by atoms with Gasteiger partial charge in [0.1, 0.15) is 11.9 Å². The lowest BCUT2D eigenvalue weighted by Crippen LogP contribution is -2.22. The zero-order valence-corrected chi connectivity index (χ0v) is 8.88. The molecule has 0 amide bonds. The molecule has 3 N–H and O–H groups in total. The second-order valence-electron chi connectivity index (χ2n) is 3.15. The standard InChI is InChI=1S/C10H11ClFNO2/c1-2-5-3-6(9(13)10(14)15)8(12)7(11)4-5/h3-4,9H,2,13H2,1H3,(H,14,15). The number of hydrogen-bond acceptors (Lipinski definition) is 2. The Morgan fingerprint density at radius 2 is 2.27 bits per heavy atom. The number of rotatable bonds is 3. The van der Waals surface area contributed by atoms with Crippen molar-refractivity contribution < 1.29 is 14.3 Å². The molecule has 1 rings (SSSR count). The molecule has 5 heteroatoms. The quantitative estimate of drug-likeness (QED) is 0.838. The van der Waals surface area contributed by atoms with Gasteiger partial charge in [-0.15, -0.1) is 0 Å². The van der Waals surface area contributed by atoms with E-state index >= 15 is 0 Å². The number of hydrogen-bond donors (Lipinski definition) is 2. The van der Waals surface area contributed by atoms with Gasteiger partial charge in [-0.1, -0.05) is 24.6 Å². The van der Waals surface area contributed by atoms with Crippen LogP contribution >= 0.6 is 11.6 Å². The van der Waals surface area contributed by atoms with E-state index in [9.17, 15) is 9.18 Å². The van der Waals surface area contributed by atoms with Gasteiger partial charge < -0.3 is 10.8 Å². The van der Waals surface area contributed by atoms with Gasteiger partial charge in [0, 0.05) is 5.56 Å². The maximum Gasteiger partial charge on any atom is 0.325 e. The average Bonchev–Trinajstić information content (AvgIpc) is 2.20. The molecule has 0 radical (unpaired) electrons. The summed E-state index contributed by atoms with van der Waals surface area (Å²) in [6, 6.07) is 1.52. The summed E-state index contributed by atoms with van der Waals surface area (Å²) < 4.78 is 13.5. The maximum absolute atomic E-state index is 13.5. The molecule has 0 aromatic heterocycles.